The topological polar surface area (TPSA) is 104 Å². The number of hydrogen-bond acceptors (Lipinski definition) is 6. The van der Waals surface area contributed by atoms with Crippen molar-refractivity contribution < 1.29 is 28.4 Å². The summed E-state index contributed by atoms with van der Waals surface area (Å²) >= 11 is 0.782. The normalized spacial score (nSPS) is 17.4. The first kappa shape index (κ1) is 22.4. The Morgan fingerprint density at radius 2 is 1.61 bits per heavy atom. The van der Waals surface area contributed by atoms with E-state index in [1.165, 1.54) is 54.6 Å². The van der Waals surface area contributed by atoms with Gasteiger partial charge in [-0.05, 0) is 59.8 Å². The van der Waals surface area contributed by atoms with Gasteiger partial charge in [-0.2, -0.15) is 0 Å². The summed E-state index contributed by atoms with van der Waals surface area (Å²) in [5.74, 6) is -1.85. The van der Waals surface area contributed by atoms with Crippen LogP contribution in [0.4, 0.5) is 14.9 Å². The molecule has 0 radical (unpaired) electrons. The third-order valence-corrected chi connectivity index (χ3v) is 6.01. The Kier molecular flexibility index (Phi) is 6.36. The quantitative estimate of drug-likeness (QED) is 0.518. The number of halogens is 1. The Morgan fingerprint density at radius 3 is 2.24 bits per heavy atom. The van der Waals surface area contributed by atoms with Gasteiger partial charge in [0.2, 0.25) is 11.8 Å². The molecule has 0 bridgehead atoms. The summed E-state index contributed by atoms with van der Waals surface area (Å²) in [6.07, 6.45) is 1.86. The molecule has 168 valence electrons. The zero-order valence-electron chi connectivity index (χ0n) is 17.2. The Morgan fingerprint density at radius 1 is 0.970 bits per heavy atom. The van der Waals surface area contributed by atoms with Gasteiger partial charge in [-0.3, -0.25) is 33.8 Å². The van der Waals surface area contributed by atoms with Crippen molar-refractivity contribution in [2.45, 2.75) is 12.8 Å². The predicted octanol–water partition coefficient (Wildman–Crippen LogP) is 2.95. The molecule has 2 aliphatic heterocycles. The molecule has 33 heavy (non-hydrogen) atoms. The number of carbonyl (C=O) groups excluding carboxylic acids is 5. The number of anilines is 1. The summed E-state index contributed by atoms with van der Waals surface area (Å²) < 4.78 is 13.0. The standard InChI is InChI=1S/C23H18FN3O5S/c24-16-5-1-14(2-6-16)13-18-22(31)26(23(32)33-18)12-11-25-21(30)15-3-7-17(8-4-15)27-19(28)9-10-20(27)29/h1-8,13H,9-12H2,(H,25,30). The maximum atomic E-state index is 13.0. The van der Waals surface area contributed by atoms with E-state index in [4.69, 9.17) is 0 Å². The molecule has 8 nitrogen and oxygen atoms in total. The molecule has 4 rings (SSSR count). The Labute approximate surface area is 192 Å². The second kappa shape index (κ2) is 9.37. The Balaban J connectivity index is 1.32. The van der Waals surface area contributed by atoms with Crippen LogP contribution in [-0.2, 0) is 14.4 Å². The smallest absolute Gasteiger partial charge is 0.293 e. The molecule has 0 spiro atoms. The second-order valence-corrected chi connectivity index (χ2v) is 8.30. The lowest BCUT2D eigenvalue weighted by atomic mass is 10.2. The molecular formula is C23H18FN3O5S. The van der Waals surface area contributed by atoms with Crippen molar-refractivity contribution in [1.29, 1.82) is 0 Å². The molecule has 0 atom stereocenters. The van der Waals surface area contributed by atoms with E-state index in [9.17, 15) is 28.4 Å². The van der Waals surface area contributed by atoms with Crippen molar-refractivity contribution in [3.8, 4) is 0 Å². The molecule has 0 unspecified atom stereocenters. The number of imide groups is 2. The highest BCUT2D eigenvalue weighted by atomic mass is 32.2. The van der Waals surface area contributed by atoms with Crippen molar-refractivity contribution >= 4 is 52.4 Å². The monoisotopic (exact) mass is 467 g/mol. The van der Waals surface area contributed by atoms with Gasteiger partial charge >= 0.3 is 0 Å². The lowest BCUT2D eigenvalue weighted by molar-refractivity contribution is -0.123. The van der Waals surface area contributed by atoms with Crippen LogP contribution in [0.5, 0.6) is 0 Å². The van der Waals surface area contributed by atoms with Gasteiger partial charge in [0.15, 0.2) is 0 Å². The van der Waals surface area contributed by atoms with Crippen molar-refractivity contribution in [1.82, 2.24) is 10.2 Å². The van der Waals surface area contributed by atoms with Crippen molar-refractivity contribution in [2.24, 2.45) is 0 Å². The molecule has 2 saturated heterocycles. The van der Waals surface area contributed by atoms with Gasteiger partial charge in [-0.25, -0.2) is 4.39 Å². The first-order valence-corrected chi connectivity index (χ1v) is 10.9. The van der Waals surface area contributed by atoms with Gasteiger partial charge in [0.05, 0.1) is 10.6 Å². The maximum absolute atomic E-state index is 13.0. The van der Waals surface area contributed by atoms with E-state index in [-0.39, 0.29) is 42.7 Å². The van der Waals surface area contributed by atoms with Crippen LogP contribution in [0.2, 0.25) is 0 Å². The molecule has 10 heteroatoms. The predicted molar refractivity (Wildman–Crippen MR) is 120 cm³/mol. The molecular weight excluding hydrogens is 449 g/mol. The van der Waals surface area contributed by atoms with Crippen molar-refractivity contribution in [3.05, 3.63) is 70.4 Å². The van der Waals surface area contributed by atoms with Crippen LogP contribution in [0.1, 0.15) is 28.8 Å². The summed E-state index contributed by atoms with van der Waals surface area (Å²) in [6.45, 7) is 0.0393. The molecule has 2 aromatic carbocycles. The summed E-state index contributed by atoms with van der Waals surface area (Å²) in [5, 5.41) is 2.19. The first-order chi connectivity index (χ1) is 15.8. The van der Waals surface area contributed by atoms with Crippen LogP contribution >= 0.6 is 11.8 Å². The average molecular weight is 467 g/mol. The molecule has 2 aliphatic rings. The molecule has 2 heterocycles. The van der Waals surface area contributed by atoms with Crippen LogP contribution in [0.3, 0.4) is 0 Å². The van der Waals surface area contributed by atoms with Gasteiger partial charge in [-0.1, -0.05) is 12.1 Å². The van der Waals surface area contributed by atoms with E-state index in [1.54, 1.807) is 0 Å². The van der Waals surface area contributed by atoms with E-state index in [0.29, 0.717) is 16.8 Å². The average Bonchev–Trinajstić information content (AvgIpc) is 3.27. The fraction of sp³-hybridized carbons (Fsp3) is 0.174. The first-order valence-electron chi connectivity index (χ1n) is 10.1. The molecule has 1 N–H and O–H groups in total. The van der Waals surface area contributed by atoms with E-state index in [2.05, 4.69) is 5.32 Å². The minimum Gasteiger partial charge on any atom is -0.350 e. The molecule has 2 fully saturated rings. The van der Waals surface area contributed by atoms with E-state index in [0.717, 1.165) is 21.6 Å². The summed E-state index contributed by atoms with van der Waals surface area (Å²) in [7, 11) is 0. The summed E-state index contributed by atoms with van der Waals surface area (Å²) in [6, 6.07) is 11.6. The van der Waals surface area contributed by atoms with Crippen LogP contribution in [0.15, 0.2) is 53.4 Å². The number of nitrogens with one attached hydrogen (secondary N) is 1. The Hall–Kier alpha value is -3.79. The van der Waals surface area contributed by atoms with Gasteiger partial charge in [-0.15, -0.1) is 0 Å². The third-order valence-electron chi connectivity index (χ3n) is 5.10. The minimum absolute atomic E-state index is 0.00791. The lowest BCUT2D eigenvalue weighted by Gasteiger charge is -2.15. The second-order valence-electron chi connectivity index (χ2n) is 7.31. The van der Waals surface area contributed by atoms with Crippen LogP contribution in [-0.4, -0.2) is 46.9 Å². The largest absolute Gasteiger partial charge is 0.350 e. The summed E-state index contributed by atoms with van der Waals surface area (Å²) in [4.78, 5) is 63.1. The zero-order chi connectivity index (χ0) is 23.5. The number of thioether (sulfide) groups is 1. The fourth-order valence-corrected chi connectivity index (χ4v) is 4.28. The highest BCUT2D eigenvalue weighted by molar-refractivity contribution is 8.18. The van der Waals surface area contributed by atoms with Gasteiger partial charge < -0.3 is 5.32 Å². The molecule has 5 amide bonds. The van der Waals surface area contributed by atoms with E-state index in [1.807, 2.05) is 0 Å². The van der Waals surface area contributed by atoms with Gasteiger partial charge in [0.25, 0.3) is 17.1 Å². The molecule has 0 saturated carbocycles. The number of benzene rings is 2. The highest BCUT2D eigenvalue weighted by Crippen LogP contribution is 2.32. The van der Waals surface area contributed by atoms with Crippen LogP contribution < -0.4 is 10.2 Å². The SMILES string of the molecule is O=C(NCCN1C(=O)SC(=Cc2ccc(F)cc2)C1=O)c1ccc(N2C(=O)CCC2=O)cc1. The number of carbonyl (C=O) groups is 5. The summed E-state index contributed by atoms with van der Waals surface area (Å²) in [5.41, 5.74) is 1.31. The van der Waals surface area contributed by atoms with Gasteiger partial charge in [0, 0.05) is 31.5 Å². The number of hydrogen-bond donors (Lipinski definition) is 1. The zero-order valence-corrected chi connectivity index (χ0v) is 18.1. The third kappa shape index (κ3) is 4.85. The van der Waals surface area contributed by atoms with Crippen LogP contribution in [0, 0.1) is 5.82 Å². The van der Waals surface area contributed by atoms with Crippen molar-refractivity contribution in [3.63, 3.8) is 0 Å². The van der Waals surface area contributed by atoms with Crippen molar-refractivity contribution in [2.75, 3.05) is 18.0 Å². The molecule has 0 aliphatic carbocycles. The van der Waals surface area contributed by atoms with Gasteiger partial charge in [0.1, 0.15) is 5.82 Å². The van der Waals surface area contributed by atoms with E-state index < -0.39 is 22.9 Å². The maximum Gasteiger partial charge on any atom is 0.293 e. The lowest BCUT2D eigenvalue weighted by Crippen LogP contribution is -2.37. The number of rotatable bonds is 6. The molecule has 0 aromatic heterocycles. The number of amides is 5. The molecule has 2 aromatic rings. The Bertz CT molecular complexity index is 1160. The number of nitrogens with zero attached hydrogens (tertiary/aromatic N) is 2. The fourth-order valence-electron chi connectivity index (χ4n) is 3.41. The van der Waals surface area contributed by atoms with Crippen LogP contribution in [0.25, 0.3) is 6.08 Å². The minimum atomic E-state index is -0.479. The van der Waals surface area contributed by atoms with E-state index >= 15 is 0 Å². The highest BCUT2D eigenvalue weighted by Gasteiger charge is 2.34.